The summed E-state index contributed by atoms with van der Waals surface area (Å²) in [6, 6.07) is 10.8. The summed E-state index contributed by atoms with van der Waals surface area (Å²) in [5.41, 5.74) is -3.21. The number of aliphatic hydroxyl groups excluding tert-OH is 1. The number of carboxylic acid groups (broad SMARTS) is 1. The largest absolute Gasteiger partial charge is 0.465 e. The smallest absolute Gasteiger partial charge is 0.407 e. The van der Waals surface area contributed by atoms with E-state index in [4.69, 9.17) is 9.47 Å². The number of benzene rings is 2. The van der Waals surface area contributed by atoms with Crippen LogP contribution in [0.25, 0.3) is 11.1 Å². The second-order valence-electron chi connectivity index (χ2n) is 24.5. The van der Waals surface area contributed by atoms with Crippen molar-refractivity contribution in [1.82, 2.24) is 46.2 Å². The minimum absolute atomic E-state index is 0.0164. The SMILES string of the molecule is COC(=O)N[C@H](C(=O)N[C@@H](Cc1ccc(C#Cc2ccc(N3CC4CC(C3)N4C3COC3)nc2)cc1)[C@@H](O)CN(Cc1c(F)cc(-c2ccc(N3CC4CC(C3)N4C3COC3)nc2)cc1F)NC(=O)[C@@H](NC(=O)O)C(C)(C)C(F)(F)F)C(C)(C)C(F)(F)F. The maximum absolute atomic E-state index is 16.5. The number of hydrazine groups is 1. The zero-order chi connectivity index (χ0) is 63.2. The summed E-state index contributed by atoms with van der Waals surface area (Å²) in [5.74, 6) is 1.86. The van der Waals surface area contributed by atoms with Crippen molar-refractivity contribution in [2.24, 2.45) is 10.8 Å². The van der Waals surface area contributed by atoms with Crippen molar-refractivity contribution in [3.05, 3.63) is 107 Å². The van der Waals surface area contributed by atoms with E-state index >= 15 is 8.78 Å². The highest BCUT2D eigenvalue weighted by Crippen LogP contribution is 2.43. The first-order valence-electron chi connectivity index (χ1n) is 28.8. The number of ether oxygens (including phenoxy) is 3. The van der Waals surface area contributed by atoms with Gasteiger partial charge in [0.2, 0.25) is 5.91 Å². The van der Waals surface area contributed by atoms with Crippen LogP contribution in [0.2, 0.25) is 0 Å². The molecule has 88 heavy (non-hydrogen) atoms. The van der Waals surface area contributed by atoms with E-state index in [0.29, 0.717) is 110 Å². The molecule has 12 rings (SSSR count). The predicted molar refractivity (Wildman–Crippen MR) is 302 cm³/mol. The third-order valence-electron chi connectivity index (χ3n) is 17.9. The average molecular weight is 1240 g/mol. The minimum Gasteiger partial charge on any atom is -0.465 e. The van der Waals surface area contributed by atoms with Gasteiger partial charge in [-0.2, -0.15) is 26.3 Å². The zero-order valence-corrected chi connectivity index (χ0v) is 48.8. The Balaban J connectivity index is 0.902. The van der Waals surface area contributed by atoms with E-state index in [2.05, 4.69) is 56.9 Å². The Bertz CT molecular complexity index is 3220. The lowest BCUT2D eigenvalue weighted by Gasteiger charge is -2.60. The number of piperazine rings is 2. The summed E-state index contributed by atoms with van der Waals surface area (Å²) in [6.07, 6.45) is -11.2. The molecule has 4 amide bonds. The molecule has 8 saturated heterocycles. The number of carbonyl (C=O) groups excluding carboxylic acids is 3. The second-order valence-corrected chi connectivity index (χ2v) is 24.5. The molecule has 6 N–H and O–H groups in total. The highest BCUT2D eigenvalue weighted by molar-refractivity contribution is 5.87. The molecule has 0 aliphatic carbocycles. The number of fused-ring (bicyclic) bond motifs is 4. The first-order chi connectivity index (χ1) is 41.6. The van der Waals surface area contributed by atoms with Crippen LogP contribution in [0.3, 0.4) is 0 Å². The summed E-state index contributed by atoms with van der Waals surface area (Å²) in [7, 11) is 0.843. The van der Waals surface area contributed by atoms with Gasteiger partial charge in [0.1, 0.15) is 35.4 Å². The van der Waals surface area contributed by atoms with Gasteiger partial charge in [0, 0.05) is 98.1 Å². The van der Waals surface area contributed by atoms with Crippen molar-refractivity contribution in [2.45, 2.75) is 126 Å². The fraction of sp³-hybridized carbons (Fsp3) is 0.533. The molecule has 4 aromatic rings. The number of hydrogen-bond acceptors (Lipinski definition) is 15. The first kappa shape index (κ1) is 63.6. The first-order valence-corrected chi connectivity index (χ1v) is 28.8. The molecule has 474 valence electrons. The second kappa shape index (κ2) is 25.2. The molecule has 4 unspecified atom stereocenters. The van der Waals surface area contributed by atoms with Crippen LogP contribution in [-0.4, -0.2) is 198 Å². The van der Waals surface area contributed by atoms with Gasteiger partial charge in [0.15, 0.2) is 0 Å². The molecule has 10 heterocycles. The van der Waals surface area contributed by atoms with Crippen molar-refractivity contribution in [2.75, 3.05) is 76.1 Å². The van der Waals surface area contributed by atoms with Crippen LogP contribution in [0, 0.1) is 34.3 Å². The number of methoxy groups -OCH3 is 1. The topological polar surface area (TPSA) is 227 Å². The lowest BCUT2D eigenvalue weighted by atomic mass is 9.82. The number of aromatic nitrogens is 2. The van der Waals surface area contributed by atoms with Gasteiger partial charge < -0.3 is 50.2 Å². The predicted octanol–water partition coefficient (Wildman–Crippen LogP) is 5.60. The summed E-state index contributed by atoms with van der Waals surface area (Å²) in [4.78, 5) is 71.3. The Morgan fingerprint density at radius 2 is 1.16 bits per heavy atom. The number of halogens is 8. The third kappa shape index (κ3) is 13.4. The van der Waals surface area contributed by atoms with Crippen molar-refractivity contribution < 1.29 is 78.7 Å². The number of nitrogens with one attached hydrogen (secondary N) is 4. The van der Waals surface area contributed by atoms with E-state index in [1.54, 1.807) is 35.8 Å². The molecule has 4 bridgehead atoms. The lowest BCUT2D eigenvalue weighted by Crippen LogP contribution is -2.74. The van der Waals surface area contributed by atoms with Gasteiger partial charge in [-0.15, -0.1) is 0 Å². The van der Waals surface area contributed by atoms with E-state index in [1.807, 2.05) is 17.4 Å². The van der Waals surface area contributed by atoms with Gasteiger partial charge in [0.05, 0.1) is 68.6 Å². The summed E-state index contributed by atoms with van der Waals surface area (Å²) in [6.45, 7) is 6.21. The van der Waals surface area contributed by atoms with Crippen LogP contribution in [0.5, 0.6) is 0 Å². The highest BCUT2D eigenvalue weighted by atomic mass is 19.4. The Morgan fingerprint density at radius 3 is 1.60 bits per heavy atom. The third-order valence-corrected chi connectivity index (χ3v) is 17.9. The highest BCUT2D eigenvalue weighted by Gasteiger charge is 2.58. The van der Waals surface area contributed by atoms with Crippen molar-refractivity contribution in [1.29, 1.82) is 0 Å². The quantitative estimate of drug-likeness (QED) is 0.0360. The number of alkyl carbamates (subject to hydrolysis) is 1. The molecular formula is C60H69F8N11O9. The maximum Gasteiger partial charge on any atom is 0.407 e. The van der Waals surface area contributed by atoms with Crippen molar-refractivity contribution in [3.63, 3.8) is 0 Å². The molecule has 28 heteroatoms. The molecule has 2 aromatic heterocycles. The fourth-order valence-corrected chi connectivity index (χ4v) is 12.3. The molecule has 0 radical (unpaired) electrons. The molecule has 2 aromatic carbocycles. The van der Waals surface area contributed by atoms with Crippen LogP contribution in [-0.2, 0) is 36.8 Å². The van der Waals surface area contributed by atoms with Crippen LogP contribution in [0.1, 0.15) is 62.8 Å². The Kier molecular flexibility index (Phi) is 18.2. The molecule has 8 aliphatic heterocycles. The average Bonchev–Trinajstić information content (AvgIpc) is 1.42. The Labute approximate surface area is 502 Å². The van der Waals surface area contributed by atoms with Crippen molar-refractivity contribution in [3.8, 4) is 23.0 Å². The number of alkyl halides is 6. The van der Waals surface area contributed by atoms with E-state index < -0.39 is 108 Å². The van der Waals surface area contributed by atoms with Gasteiger partial charge in [-0.3, -0.25) is 24.8 Å². The number of carbonyl (C=O) groups is 4. The summed E-state index contributed by atoms with van der Waals surface area (Å²) in [5, 5.41) is 28.2. The zero-order valence-electron chi connectivity index (χ0n) is 48.8. The Hall–Kier alpha value is -7.42. The number of nitrogens with zero attached hydrogens (tertiary/aromatic N) is 7. The van der Waals surface area contributed by atoms with Crippen LogP contribution >= 0.6 is 0 Å². The summed E-state index contributed by atoms with van der Waals surface area (Å²) >= 11 is 0. The van der Waals surface area contributed by atoms with Crippen molar-refractivity contribution >= 4 is 35.6 Å². The van der Waals surface area contributed by atoms with Gasteiger partial charge in [-0.1, -0.05) is 24.0 Å². The maximum atomic E-state index is 16.5. The molecule has 8 atom stereocenters. The van der Waals surface area contributed by atoms with E-state index in [9.17, 15) is 55.7 Å². The number of piperidine rings is 2. The van der Waals surface area contributed by atoms with E-state index in [1.165, 1.54) is 18.3 Å². The molecule has 8 fully saturated rings. The molecule has 8 aliphatic rings. The standard InChI is InChI=1S/C60H69F8N11O9/c1-57(2,59(63,64)65)51(73-56(85)86-5)53(81)71-47(16-34-9-6-33(7-10-34)8-11-35-12-14-49(69-21-35)75-23-38-19-39(24-75)78(38)42-29-87-30-42)48(80)28-77(74-54(82)52(72-55(83)84)58(3,4)60(66,67)68)27-44-45(61)17-37(18-46(44)62)36-13-15-50(70-22-36)76-25-40-20-41(26-76)79(40)43-31-88-32-43/h6-7,9-10,12-15,17-18,21-22,38-43,47-48,51-52,72,80H,16,19-20,23-32H2,1-5H3,(H,71,81)(H,73,85)(H,74,82)(H,83,84)/t38?,39?,40?,41?,47-,48-,51+,52+/m0/s1. The minimum atomic E-state index is -5.25. The number of anilines is 2. The number of pyridine rings is 2. The molecule has 0 saturated carbocycles. The van der Waals surface area contributed by atoms with Gasteiger partial charge in [-0.05, 0) is 107 Å². The van der Waals surface area contributed by atoms with Crippen LogP contribution in [0.15, 0.2) is 73.1 Å². The van der Waals surface area contributed by atoms with Gasteiger partial charge in [-0.25, -0.2) is 33.3 Å². The number of aliphatic hydroxyl groups is 1. The van der Waals surface area contributed by atoms with Gasteiger partial charge in [0.25, 0.3) is 5.91 Å². The fourth-order valence-electron chi connectivity index (χ4n) is 12.3. The van der Waals surface area contributed by atoms with E-state index in [0.717, 1.165) is 77.3 Å². The molecule has 20 nitrogen and oxygen atoms in total. The lowest BCUT2D eigenvalue weighted by molar-refractivity contribution is -0.221. The van der Waals surface area contributed by atoms with Gasteiger partial charge >= 0.3 is 24.5 Å². The number of hydrogen-bond donors (Lipinski definition) is 6. The monoisotopic (exact) mass is 1240 g/mol. The normalized spacial score (nSPS) is 22.1. The van der Waals surface area contributed by atoms with Crippen LogP contribution in [0.4, 0.5) is 56.3 Å². The molecule has 0 spiro atoms. The number of rotatable bonds is 20. The Morgan fingerprint density at radius 1 is 0.670 bits per heavy atom. The van der Waals surface area contributed by atoms with E-state index in [-0.39, 0.29) is 5.56 Å². The summed E-state index contributed by atoms with van der Waals surface area (Å²) < 4.78 is 136. The number of amides is 4. The van der Waals surface area contributed by atoms with Crippen LogP contribution < -0.4 is 31.2 Å². The molecular weight excluding hydrogens is 1170 g/mol.